The van der Waals surface area contributed by atoms with Crippen LogP contribution in [0.4, 0.5) is 9.59 Å². The molecule has 0 aromatic carbocycles. The molecule has 0 aromatic heterocycles. The van der Waals surface area contributed by atoms with Crippen LogP contribution in [0.5, 0.6) is 0 Å². The number of carbonyl (C=O) groups excluding carboxylic acids is 2. The van der Waals surface area contributed by atoms with E-state index in [1.807, 2.05) is 0 Å². The van der Waals surface area contributed by atoms with Gasteiger partial charge in [-0.05, 0) is 54.4 Å². The van der Waals surface area contributed by atoms with Crippen LogP contribution < -0.4 is 10.6 Å². The number of hydrogen-bond donors (Lipinski definition) is 3. The standard InChI is InChI=1S/C30H57N3O8/c1-29(2,3)40-27(36)32-26(33-28(37)41-30(4,5)6)31-21-19-17-15-13-11-9-8-10-12-14-16-18-20-24(22-25(34)35)39-23-38-7/h24H,8-23H2,1-7H3,(H,34,35)(H2,31,32,33,36,37)/t24-/m1/s1. The van der Waals surface area contributed by atoms with E-state index >= 15 is 0 Å². The number of aliphatic carboxylic acids is 1. The third-order valence-corrected chi connectivity index (χ3v) is 5.77. The van der Waals surface area contributed by atoms with Crippen molar-refractivity contribution in [2.24, 2.45) is 4.99 Å². The van der Waals surface area contributed by atoms with Gasteiger partial charge in [-0.3, -0.25) is 20.4 Å². The Hall–Kier alpha value is -2.40. The molecule has 0 fully saturated rings. The van der Waals surface area contributed by atoms with E-state index in [2.05, 4.69) is 15.6 Å². The molecule has 0 radical (unpaired) electrons. The van der Waals surface area contributed by atoms with E-state index in [9.17, 15) is 14.4 Å². The summed E-state index contributed by atoms with van der Waals surface area (Å²) in [6, 6.07) is 0. The SMILES string of the molecule is COCO[C@H](CCCCCCCCCCCCCCN=C(NC(=O)OC(C)(C)C)NC(=O)OC(C)(C)C)CC(=O)O. The lowest BCUT2D eigenvalue weighted by Gasteiger charge is -2.22. The van der Waals surface area contributed by atoms with Gasteiger partial charge in [0.25, 0.3) is 0 Å². The maximum atomic E-state index is 12.1. The molecule has 3 N–H and O–H groups in total. The Bertz CT molecular complexity index is 728. The van der Waals surface area contributed by atoms with Crippen LogP contribution >= 0.6 is 0 Å². The Balaban J connectivity index is 4.04. The lowest BCUT2D eigenvalue weighted by molar-refractivity contribution is -0.143. The van der Waals surface area contributed by atoms with Crippen molar-refractivity contribution in [2.75, 3.05) is 20.4 Å². The van der Waals surface area contributed by atoms with Crippen molar-refractivity contribution in [3.63, 3.8) is 0 Å². The fourth-order valence-electron chi connectivity index (χ4n) is 3.96. The van der Waals surface area contributed by atoms with E-state index in [1.54, 1.807) is 41.5 Å². The lowest BCUT2D eigenvalue weighted by Crippen LogP contribution is -2.47. The summed E-state index contributed by atoms with van der Waals surface area (Å²) in [5.74, 6) is -0.818. The number of carboxylic acid groups (broad SMARTS) is 1. The Morgan fingerprint density at radius 3 is 1.51 bits per heavy atom. The van der Waals surface area contributed by atoms with Crippen LogP contribution in [-0.4, -0.2) is 67.0 Å². The highest BCUT2D eigenvalue weighted by Gasteiger charge is 2.21. The number of carbonyl (C=O) groups is 3. The zero-order valence-electron chi connectivity index (χ0n) is 26.6. The van der Waals surface area contributed by atoms with Gasteiger partial charge < -0.3 is 24.1 Å². The normalized spacial score (nSPS) is 12.4. The minimum Gasteiger partial charge on any atom is -0.481 e. The Kier molecular flexibility index (Phi) is 20.9. The van der Waals surface area contributed by atoms with E-state index in [1.165, 1.54) is 45.6 Å². The second-order valence-electron chi connectivity index (χ2n) is 12.3. The minimum absolute atomic E-state index is 0.0213. The number of ether oxygens (including phenoxy) is 4. The molecule has 240 valence electrons. The summed E-state index contributed by atoms with van der Waals surface area (Å²) in [6.45, 7) is 11.2. The predicted octanol–water partition coefficient (Wildman–Crippen LogP) is 6.93. The molecule has 11 heteroatoms. The van der Waals surface area contributed by atoms with E-state index in [-0.39, 0.29) is 25.3 Å². The lowest BCUT2D eigenvalue weighted by atomic mass is 10.0. The molecule has 0 bridgehead atoms. The van der Waals surface area contributed by atoms with Gasteiger partial charge in [-0.25, -0.2) is 9.59 Å². The van der Waals surface area contributed by atoms with Crippen LogP contribution in [0.1, 0.15) is 131 Å². The highest BCUT2D eigenvalue weighted by Crippen LogP contribution is 2.15. The monoisotopic (exact) mass is 587 g/mol. The molecule has 2 amide bonds. The first-order valence-electron chi connectivity index (χ1n) is 15.1. The van der Waals surface area contributed by atoms with Crippen LogP contribution in [0.2, 0.25) is 0 Å². The minimum atomic E-state index is -0.839. The van der Waals surface area contributed by atoms with Gasteiger partial charge >= 0.3 is 18.2 Å². The quantitative estimate of drug-likeness (QED) is 0.0602. The van der Waals surface area contributed by atoms with Crippen LogP contribution in [0.15, 0.2) is 4.99 Å². The van der Waals surface area contributed by atoms with Gasteiger partial charge in [0.2, 0.25) is 5.96 Å². The van der Waals surface area contributed by atoms with E-state index in [0.29, 0.717) is 6.54 Å². The first-order valence-corrected chi connectivity index (χ1v) is 15.1. The zero-order valence-corrected chi connectivity index (χ0v) is 26.6. The number of alkyl carbamates (subject to hydrolysis) is 2. The van der Waals surface area contributed by atoms with Crippen LogP contribution in [0.3, 0.4) is 0 Å². The molecule has 0 saturated heterocycles. The molecular formula is C30H57N3O8. The molecule has 1 atom stereocenters. The molecule has 11 nitrogen and oxygen atoms in total. The number of carboxylic acids is 1. The fourth-order valence-corrected chi connectivity index (χ4v) is 3.96. The smallest absolute Gasteiger partial charge is 0.414 e. The van der Waals surface area contributed by atoms with Gasteiger partial charge in [0.15, 0.2) is 0 Å². The Labute approximate surface area is 247 Å². The Morgan fingerprint density at radius 1 is 0.707 bits per heavy atom. The maximum absolute atomic E-state index is 12.1. The second kappa shape index (κ2) is 22.2. The number of guanidine groups is 1. The van der Waals surface area contributed by atoms with E-state index in [0.717, 1.165) is 44.9 Å². The molecule has 0 unspecified atom stereocenters. The fraction of sp³-hybridized carbons (Fsp3) is 0.867. The summed E-state index contributed by atoms with van der Waals surface area (Å²) in [7, 11) is 1.54. The van der Waals surface area contributed by atoms with Crippen molar-refractivity contribution in [3.8, 4) is 0 Å². The van der Waals surface area contributed by atoms with Gasteiger partial charge in [0.05, 0.1) is 12.5 Å². The largest absolute Gasteiger partial charge is 0.481 e. The number of aliphatic imine (C=N–C) groups is 1. The zero-order chi connectivity index (χ0) is 31.2. The number of nitrogens with zero attached hydrogens (tertiary/aromatic N) is 1. The summed E-state index contributed by atoms with van der Waals surface area (Å²) in [6.07, 6.45) is 12.6. The van der Waals surface area contributed by atoms with Crippen molar-refractivity contribution in [1.29, 1.82) is 0 Å². The summed E-state index contributed by atoms with van der Waals surface area (Å²) in [5, 5.41) is 14.0. The molecule has 0 rings (SSSR count). The molecular weight excluding hydrogens is 530 g/mol. The first kappa shape index (κ1) is 38.6. The molecule has 41 heavy (non-hydrogen) atoms. The summed E-state index contributed by atoms with van der Waals surface area (Å²) in [4.78, 5) is 39.5. The molecule has 0 heterocycles. The van der Waals surface area contributed by atoms with Crippen molar-refractivity contribution < 1.29 is 38.4 Å². The van der Waals surface area contributed by atoms with Gasteiger partial charge in [-0.15, -0.1) is 0 Å². The highest BCUT2D eigenvalue weighted by molar-refractivity contribution is 6.01. The molecule has 0 saturated carbocycles. The van der Waals surface area contributed by atoms with Gasteiger partial charge in [-0.2, -0.15) is 0 Å². The number of hydrogen-bond acceptors (Lipinski definition) is 8. The average molecular weight is 588 g/mol. The average Bonchev–Trinajstić information content (AvgIpc) is 2.81. The second-order valence-corrected chi connectivity index (χ2v) is 12.3. The maximum Gasteiger partial charge on any atom is 0.414 e. The van der Waals surface area contributed by atoms with Crippen molar-refractivity contribution >= 4 is 24.1 Å². The van der Waals surface area contributed by atoms with E-state index < -0.39 is 29.4 Å². The van der Waals surface area contributed by atoms with E-state index in [4.69, 9.17) is 24.1 Å². The summed E-state index contributed by atoms with van der Waals surface area (Å²) >= 11 is 0. The number of amides is 2. The van der Waals surface area contributed by atoms with Crippen LogP contribution in [0.25, 0.3) is 0 Å². The van der Waals surface area contributed by atoms with Gasteiger partial charge in [-0.1, -0.05) is 70.6 Å². The summed E-state index contributed by atoms with van der Waals surface area (Å²) < 4.78 is 20.8. The molecule has 0 aromatic rings. The van der Waals surface area contributed by atoms with Crippen LogP contribution in [0, 0.1) is 0 Å². The number of methoxy groups -OCH3 is 1. The molecule has 0 aliphatic heterocycles. The van der Waals surface area contributed by atoms with Crippen molar-refractivity contribution in [1.82, 2.24) is 10.6 Å². The number of unbranched alkanes of at least 4 members (excludes halogenated alkanes) is 11. The number of rotatable bonds is 20. The van der Waals surface area contributed by atoms with Crippen molar-refractivity contribution in [3.05, 3.63) is 0 Å². The third-order valence-electron chi connectivity index (χ3n) is 5.77. The molecule has 0 aliphatic rings. The summed E-state index contributed by atoms with van der Waals surface area (Å²) in [5.41, 5.74) is -1.34. The topological polar surface area (TPSA) is 145 Å². The van der Waals surface area contributed by atoms with Crippen LogP contribution in [-0.2, 0) is 23.7 Å². The number of nitrogens with one attached hydrogen (secondary N) is 2. The Morgan fingerprint density at radius 2 is 1.12 bits per heavy atom. The van der Waals surface area contributed by atoms with Gasteiger partial charge in [0.1, 0.15) is 18.0 Å². The highest BCUT2D eigenvalue weighted by atomic mass is 16.7. The molecule has 0 spiro atoms. The first-order chi connectivity index (χ1) is 19.2. The molecule has 0 aliphatic carbocycles. The van der Waals surface area contributed by atoms with Gasteiger partial charge in [0, 0.05) is 13.7 Å². The van der Waals surface area contributed by atoms with Crippen molar-refractivity contribution in [2.45, 2.75) is 149 Å². The predicted molar refractivity (Wildman–Crippen MR) is 160 cm³/mol. The third kappa shape index (κ3) is 27.5.